The number of ketones is 2. The number of benzene rings is 1. The number of ether oxygens (including phenoxy) is 1. The van der Waals surface area contributed by atoms with Crippen molar-refractivity contribution in [2.75, 3.05) is 0 Å². The zero-order valence-electron chi connectivity index (χ0n) is 19.3. The standard InChI is InChI=1S/C26H32O5/c1-15(2)8-7-9-17(5)11-13-25-23(29)19-14-20(27)18(6)22(28)21(19)24(30)26(25,31-25)12-10-16(3)4/h8,10-11,14,27-28H,7,9,12-13H2,1-6H3/t25-,26+/m0/s1. The number of Topliss-reactive ketones (excluding diaryl/α,β-unsaturated/α-hetero) is 2. The monoisotopic (exact) mass is 424 g/mol. The minimum atomic E-state index is -1.31. The number of carbonyl (C=O) groups is 2. The van der Waals surface area contributed by atoms with Crippen LogP contribution in [0.5, 0.6) is 11.5 Å². The summed E-state index contributed by atoms with van der Waals surface area (Å²) in [6.45, 7) is 11.5. The maximum atomic E-state index is 13.5. The number of carbonyl (C=O) groups excluding carboxylic acids is 2. The highest BCUT2D eigenvalue weighted by molar-refractivity contribution is 6.26. The average Bonchev–Trinajstić information content (AvgIpc) is 3.38. The molecule has 0 spiro atoms. The van der Waals surface area contributed by atoms with Gasteiger partial charge < -0.3 is 14.9 Å². The molecule has 3 rings (SSSR count). The molecular formula is C26H32O5. The smallest absolute Gasteiger partial charge is 0.202 e. The number of phenols is 2. The van der Waals surface area contributed by atoms with Gasteiger partial charge >= 0.3 is 0 Å². The van der Waals surface area contributed by atoms with Crippen LogP contribution in [0, 0.1) is 6.92 Å². The average molecular weight is 425 g/mol. The number of fused-ring (bicyclic) bond motifs is 2. The van der Waals surface area contributed by atoms with E-state index in [1.54, 1.807) is 0 Å². The van der Waals surface area contributed by atoms with Gasteiger partial charge in [-0.2, -0.15) is 0 Å². The normalized spacial score (nSPS) is 24.4. The third-order valence-electron chi connectivity index (χ3n) is 6.32. The molecule has 1 saturated heterocycles. The van der Waals surface area contributed by atoms with E-state index in [1.165, 1.54) is 18.6 Å². The van der Waals surface area contributed by atoms with Crippen LogP contribution in [-0.4, -0.2) is 33.0 Å². The first-order chi connectivity index (χ1) is 14.5. The van der Waals surface area contributed by atoms with Crippen molar-refractivity contribution in [2.45, 2.75) is 78.4 Å². The molecule has 0 aromatic heterocycles. The lowest BCUT2D eigenvalue weighted by atomic mass is 9.70. The van der Waals surface area contributed by atoms with Gasteiger partial charge in [-0.05, 0) is 60.5 Å². The summed E-state index contributed by atoms with van der Waals surface area (Å²) in [5.74, 6) is -1.31. The van der Waals surface area contributed by atoms with Gasteiger partial charge in [0.2, 0.25) is 5.78 Å². The van der Waals surface area contributed by atoms with Crippen molar-refractivity contribution in [1.29, 1.82) is 0 Å². The van der Waals surface area contributed by atoms with Crippen molar-refractivity contribution in [3.63, 3.8) is 0 Å². The Bertz CT molecular complexity index is 1030. The molecule has 2 atom stereocenters. The first-order valence-corrected chi connectivity index (χ1v) is 10.7. The predicted octanol–water partition coefficient (Wildman–Crippen LogP) is 5.73. The summed E-state index contributed by atoms with van der Waals surface area (Å²) in [5.41, 5.74) is 0.966. The van der Waals surface area contributed by atoms with Crippen LogP contribution < -0.4 is 0 Å². The second-order valence-electron chi connectivity index (χ2n) is 9.27. The summed E-state index contributed by atoms with van der Waals surface area (Å²) < 4.78 is 6.05. The zero-order chi connectivity index (χ0) is 23.1. The Balaban J connectivity index is 2.03. The fourth-order valence-corrected chi connectivity index (χ4v) is 4.27. The number of epoxide rings is 1. The van der Waals surface area contributed by atoms with Crippen LogP contribution in [-0.2, 0) is 4.74 Å². The summed E-state index contributed by atoms with van der Waals surface area (Å²) in [4.78, 5) is 27.1. The molecule has 2 aliphatic rings. The SMILES string of the molecule is CC(C)=CCCC(C)=CC[C@@]12O[C@]1(CC=C(C)C)C(=O)c1c(cc(O)c(C)c1O)C2=O. The Kier molecular flexibility index (Phi) is 6.03. The maximum absolute atomic E-state index is 13.5. The second-order valence-corrected chi connectivity index (χ2v) is 9.27. The van der Waals surface area contributed by atoms with Crippen molar-refractivity contribution in [2.24, 2.45) is 0 Å². The predicted molar refractivity (Wildman–Crippen MR) is 121 cm³/mol. The van der Waals surface area contributed by atoms with Gasteiger partial charge in [-0.3, -0.25) is 9.59 Å². The molecule has 5 nitrogen and oxygen atoms in total. The van der Waals surface area contributed by atoms with Crippen LogP contribution in [0.25, 0.3) is 0 Å². The van der Waals surface area contributed by atoms with Crippen LogP contribution in [0.2, 0.25) is 0 Å². The van der Waals surface area contributed by atoms with E-state index in [4.69, 9.17) is 4.74 Å². The van der Waals surface area contributed by atoms with Gasteiger partial charge in [-0.1, -0.05) is 34.9 Å². The topological polar surface area (TPSA) is 87.1 Å². The Hall–Kier alpha value is -2.66. The van der Waals surface area contributed by atoms with Crippen LogP contribution in [0.3, 0.4) is 0 Å². The van der Waals surface area contributed by atoms with E-state index in [9.17, 15) is 19.8 Å². The Labute approximate surface area is 184 Å². The molecule has 31 heavy (non-hydrogen) atoms. The van der Waals surface area contributed by atoms with E-state index in [2.05, 4.69) is 19.9 Å². The van der Waals surface area contributed by atoms with E-state index >= 15 is 0 Å². The molecule has 0 saturated carbocycles. The molecular weight excluding hydrogens is 392 g/mol. The molecule has 1 aromatic carbocycles. The van der Waals surface area contributed by atoms with Gasteiger partial charge in [0.1, 0.15) is 11.5 Å². The minimum absolute atomic E-state index is 0.0338. The highest BCUT2D eigenvalue weighted by Gasteiger charge is 2.79. The van der Waals surface area contributed by atoms with Crippen molar-refractivity contribution in [3.05, 3.63) is 57.7 Å². The maximum Gasteiger partial charge on any atom is 0.202 e. The Morgan fingerprint density at radius 2 is 1.52 bits per heavy atom. The summed E-state index contributed by atoms with van der Waals surface area (Å²) in [7, 11) is 0. The zero-order valence-corrected chi connectivity index (χ0v) is 19.3. The van der Waals surface area contributed by atoms with Gasteiger partial charge in [-0.15, -0.1) is 0 Å². The minimum Gasteiger partial charge on any atom is -0.508 e. The number of hydrogen-bond donors (Lipinski definition) is 2. The van der Waals surface area contributed by atoms with Crippen molar-refractivity contribution in [1.82, 2.24) is 0 Å². The van der Waals surface area contributed by atoms with Crippen LogP contribution in [0.4, 0.5) is 0 Å². The molecule has 166 valence electrons. The lowest BCUT2D eigenvalue weighted by Gasteiger charge is -2.25. The lowest BCUT2D eigenvalue weighted by molar-refractivity contribution is 0.0837. The first kappa shape index (κ1) is 23.0. The molecule has 0 unspecified atom stereocenters. The lowest BCUT2D eigenvalue weighted by Crippen LogP contribution is -2.45. The third-order valence-corrected chi connectivity index (χ3v) is 6.32. The van der Waals surface area contributed by atoms with E-state index in [0.717, 1.165) is 24.0 Å². The molecule has 1 fully saturated rings. The molecule has 0 amide bonds. The second kappa shape index (κ2) is 8.12. The van der Waals surface area contributed by atoms with Gasteiger partial charge in [-0.25, -0.2) is 0 Å². The van der Waals surface area contributed by atoms with E-state index < -0.39 is 17.0 Å². The van der Waals surface area contributed by atoms with E-state index in [0.29, 0.717) is 0 Å². The van der Waals surface area contributed by atoms with Crippen LogP contribution in [0.15, 0.2) is 41.0 Å². The number of allylic oxidation sites excluding steroid dienone is 4. The van der Waals surface area contributed by atoms with Gasteiger partial charge in [0.25, 0.3) is 0 Å². The van der Waals surface area contributed by atoms with E-state index in [-0.39, 0.29) is 46.8 Å². The van der Waals surface area contributed by atoms with Crippen molar-refractivity contribution < 1.29 is 24.5 Å². The molecule has 1 heterocycles. The molecule has 1 aromatic rings. The summed E-state index contributed by atoms with van der Waals surface area (Å²) in [6, 6.07) is 1.28. The molecule has 1 aliphatic carbocycles. The quantitative estimate of drug-likeness (QED) is 0.431. The van der Waals surface area contributed by atoms with Gasteiger partial charge in [0, 0.05) is 24.0 Å². The van der Waals surface area contributed by atoms with Crippen molar-refractivity contribution in [3.8, 4) is 11.5 Å². The highest BCUT2D eigenvalue weighted by atomic mass is 16.6. The molecule has 0 bridgehead atoms. The Morgan fingerprint density at radius 3 is 2.13 bits per heavy atom. The summed E-state index contributed by atoms with van der Waals surface area (Å²) in [5, 5.41) is 20.7. The summed E-state index contributed by atoms with van der Waals surface area (Å²) in [6.07, 6.45) is 8.37. The summed E-state index contributed by atoms with van der Waals surface area (Å²) >= 11 is 0. The van der Waals surface area contributed by atoms with Crippen LogP contribution in [0.1, 0.15) is 86.6 Å². The molecule has 0 radical (unpaired) electrons. The fourth-order valence-electron chi connectivity index (χ4n) is 4.27. The Morgan fingerprint density at radius 1 is 0.935 bits per heavy atom. The molecule has 1 aliphatic heterocycles. The fraction of sp³-hybridized carbons (Fsp3) is 0.462. The highest BCUT2D eigenvalue weighted by Crippen LogP contribution is 2.61. The van der Waals surface area contributed by atoms with E-state index in [1.807, 2.05) is 32.9 Å². The van der Waals surface area contributed by atoms with Gasteiger partial charge in [0.05, 0.1) is 5.56 Å². The number of phenolic OH excluding ortho intramolecular Hbond substituents is 2. The van der Waals surface area contributed by atoms with Gasteiger partial charge in [0.15, 0.2) is 17.0 Å². The first-order valence-electron chi connectivity index (χ1n) is 10.7. The van der Waals surface area contributed by atoms with Crippen LogP contribution >= 0.6 is 0 Å². The molecule has 2 N–H and O–H groups in total. The number of rotatable bonds is 7. The molecule has 5 heteroatoms. The largest absolute Gasteiger partial charge is 0.508 e. The number of hydrogen-bond acceptors (Lipinski definition) is 5. The van der Waals surface area contributed by atoms with Crippen molar-refractivity contribution >= 4 is 11.6 Å². The third kappa shape index (κ3) is 3.76. The number of aromatic hydroxyl groups is 2.